The summed E-state index contributed by atoms with van der Waals surface area (Å²) in [5.41, 5.74) is 8.42. The summed E-state index contributed by atoms with van der Waals surface area (Å²) in [5, 5.41) is 4.81. The summed E-state index contributed by atoms with van der Waals surface area (Å²) in [6.45, 7) is 3.69. The molecule has 0 radical (unpaired) electrons. The molecule has 2 heterocycles. The largest absolute Gasteiger partial charge is 0.365 e. The smallest absolute Gasteiger partial charge is 0.275 e. The Balaban J connectivity index is 2.32. The topological polar surface area (TPSA) is 85.1 Å². The number of primary amides is 1. The Labute approximate surface area is 112 Å². The van der Waals surface area contributed by atoms with Gasteiger partial charge in [0.25, 0.3) is 11.8 Å². The lowest BCUT2D eigenvalue weighted by Crippen LogP contribution is -2.17. The zero-order chi connectivity index (χ0) is 13.3. The van der Waals surface area contributed by atoms with Gasteiger partial charge in [-0.25, -0.2) is 4.98 Å². The second-order valence-electron chi connectivity index (χ2n) is 3.68. The molecule has 18 heavy (non-hydrogen) atoms. The Bertz CT molecular complexity index is 602. The number of nitrogens with two attached hydrogens (primary N) is 1. The van der Waals surface area contributed by atoms with Gasteiger partial charge in [-0.3, -0.25) is 9.59 Å². The van der Waals surface area contributed by atoms with Gasteiger partial charge < -0.3 is 11.1 Å². The number of thiazole rings is 1. The maximum absolute atomic E-state index is 11.9. The molecule has 0 saturated carbocycles. The van der Waals surface area contributed by atoms with Crippen LogP contribution in [-0.2, 0) is 0 Å². The highest BCUT2D eigenvalue weighted by atomic mass is 32.1. The van der Waals surface area contributed by atoms with Gasteiger partial charge in [-0.15, -0.1) is 22.7 Å². The van der Waals surface area contributed by atoms with E-state index < -0.39 is 5.91 Å². The van der Waals surface area contributed by atoms with Gasteiger partial charge >= 0.3 is 0 Å². The SMILES string of the molecule is Cc1sc(NC(=O)c2cscn2)c(C(N)=O)c1C. The highest BCUT2D eigenvalue weighted by Crippen LogP contribution is 2.32. The lowest BCUT2D eigenvalue weighted by Gasteiger charge is -2.02. The molecular formula is C11H11N3O2S2. The van der Waals surface area contributed by atoms with Crippen molar-refractivity contribution in [2.24, 2.45) is 5.73 Å². The molecule has 0 bridgehead atoms. The molecule has 94 valence electrons. The normalized spacial score (nSPS) is 10.3. The van der Waals surface area contributed by atoms with Crippen LogP contribution in [0.15, 0.2) is 10.9 Å². The van der Waals surface area contributed by atoms with Gasteiger partial charge in [0.15, 0.2) is 0 Å². The van der Waals surface area contributed by atoms with Crippen LogP contribution in [0.2, 0.25) is 0 Å². The first-order valence-electron chi connectivity index (χ1n) is 5.10. The fourth-order valence-corrected chi connectivity index (χ4v) is 3.10. The van der Waals surface area contributed by atoms with E-state index >= 15 is 0 Å². The first kappa shape index (κ1) is 12.7. The van der Waals surface area contributed by atoms with Crippen LogP contribution in [0.25, 0.3) is 0 Å². The predicted molar refractivity (Wildman–Crippen MR) is 72.4 cm³/mol. The summed E-state index contributed by atoms with van der Waals surface area (Å²) >= 11 is 2.67. The average Bonchev–Trinajstić information content (AvgIpc) is 2.88. The first-order chi connectivity index (χ1) is 8.50. The Morgan fingerprint density at radius 2 is 2.11 bits per heavy atom. The summed E-state index contributed by atoms with van der Waals surface area (Å²) in [7, 11) is 0. The summed E-state index contributed by atoms with van der Waals surface area (Å²) in [6.07, 6.45) is 0. The lowest BCUT2D eigenvalue weighted by molar-refractivity contribution is 0.100. The van der Waals surface area contributed by atoms with Crippen molar-refractivity contribution in [3.8, 4) is 0 Å². The fourth-order valence-electron chi connectivity index (χ4n) is 1.50. The number of aryl methyl sites for hydroxylation is 1. The highest BCUT2D eigenvalue weighted by molar-refractivity contribution is 7.16. The number of amides is 2. The van der Waals surface area contributed by atoms with Crippen LogP contribution < -0.4 is 11.1 Å². The quantitative estimate of drug-likeness (QED) is 0.904. The van der Waals surface area contributed by atoms with Gasteiger partial charge in [-0.2, -0.15) is 0 Å². The van der Waals surface area contributed by atoms with Crippen molar-refractivity contribution in [3.63, 3.8) is 0 Å². The standard InChI is InChI=1S/C11H11N3O2S2/c1-5-6(2)18-11(8(5)9(12)15)14-10(16)7-3-17-4-13-7/h3-4H,1-2H3,(H2,12,15)(H,14,16). The van der Waals surface area contributed by atoms with Crippen LogP contribution in [-0.4, -0.2) is 16.8 Å². The van der Waals surface area contributed by atoms with E-state index in [1.54, 1.807) is 10.9 Å². The number of carbonyl (C=O) groups excluding carboxylic acids is 2. The van der Waals surface area contributed by atoms with E-state index in [1.165, 1.54) is 22.7 Å². The van der Waals surface area contributed by atoms with Gasteiger partial charge in [0.2, 0.25) is 0 Å². The molecule has 0 aliphatic carbocycles. The molecular weight excluding hydrogens is 270 g/mol. The molecule has 0 fully saturated rings. The monoisotopic (exact) mass is 281 g/mol. The third-order valence-electron chi connectivity index (χ3n) is 2.52. The number of carbonyl (C=O) groups is 2. The number of aromatic nitrogens is 1. The predicted octanol–water partition coefficient (Wildman–Crippen LogP) is 2.17. The zero-order valence-corrected chi connectivity index (χ0v) is 11.4. The van der Waals surface area contributed by atoms with E-state index in [1.807, 2.05) is 13.8 Å². The van der Waals surface area contributed by atoms with E-state index in [0.29, 0.717) is 16.3 Å². The highest BCUT2D eigenvalue weighted by Gasteiger charge is 2.19. The Kier molecular flexibility index (Phi) is 3.44. The van der Waals surface area contributed by atoms with Crippen LogP contribution in [0.5, 0.6) is 0 Å². The molecule has 0 atom stereocenters. The zero-order valence-electron chi connectivity index (χ0n) is 9.81. The molecule has 2 aromatic heterocycles. The van der Waals surface area contributed by atoms with E-state index in [9.17, 15) is 9.59 Å². The van der Waals surface area contributed by atoms with Crippen LogP contribution in [0.4, 0.5) is 5.00 Å². The molecule has 0 spiro atoms. The van der Waals surface area contributed by atoms with Gasteiger partial charge in [0.1, 0.15) is 10.7 Å². The number of nitrogens with one attached hydrogen (secondary N) is 1. The van der Waals surface area contributed by atoms with Crippen molar-refractivity contribution in [1.82, 2.24) is 4.98 Å². The van der Waals surface area contributed by atoms with Crippen molar-refractivity contribution in [3.05, 3.63) is 32.6 Å². The van der Waals surface area contributed by atoms with Crippen LogP contribution in [0, 0.1) is 13.8 Å². The molecule has 5 nitrogen and oxygen atoms in total. The summed E-state index contributed by atoms with van der Waals surface area (Å²) in [4.78, 5) is 28.1. The number of nitrogens with zero attached hydrogens (tertiary/aromatic N) is 1. The lowest BCUT2D eigenvalue weighted by atomic mass is 10.1. The molecule has 0 saturated heterocycles. The van der Waals surface area contributed by atoms with Gasteiger partial charge in [0, 0.05) is 10.3 Å². The number of rotatable bonds is 3. The number of anilines is 1. The Morgan fingerprint density at radius 1 is 1.39 bits per heavy atom. The third-order valence-corrected chi connectivity index (χ3v) is 4.23. The van der Waals surface area contributed by atoms with Crippen molar-refractivity contribution in [2.45, 2.75) is 13.8 Å². The minimum absolute atomic E-state index is 0.333. The van der Waals surface area contributed by atoms with E-state index in [2.05, 4.69) is 10.3 Å². The number of hydrogen-bond donors (Lipinski definition) is 2. The van der Waals surface area contributed by atoms with E-state index in [4.69, 9.17) is 5.73 Å². The summed E-state index contributed by atoms with van der Waals surface area (Å²) < 4.78 is 0. The third kappa shape index (κ3) is 2.27. The molecule has 0 aromatic carbocycles. The molecule has 0 unspecified atom stereocenters. The molecule has 2 aromatic rings. The number of thiophene rings is 1. The van der Waals surface area contributed by atoms with Crippen molar-refractivity contribution in [2.75, 3.05) is 5.32 Å². The van der Waals surface area contributed by atoms with Crippen LogP contribution in [0.1, 0.15) is 31.3 Å². The minimum Gasteiger partial charge on any atom is -0.365 e. The molecule has 0 aliphatic heterocycles. The minimum atomic E-state index is -0.537. The van der Waals surface area contributed by atoms with Gasteiger partial charge in [0.05, 0.1) is 11.1 Å². The average molecular weight is 281 g/mol. The second kappa shape index (κ2) is 4.87. The number of hydrogen-bond acceptors (Lipinski definition) is 5. The Morgan fingerprint density at radius 3 is 2.67 bits per heavy atom. The van der Waals surface area contributed by atoms with Crippen molar-refractivity contribution in [1.29, 1.82) is 0 Å². The summed E-state index contributed by atoms with van der Waals surface area (Å²) in [6, 6.07) is 0. The van der Waals surface area contributed by atoms with Crippen molar-refractivity contribution < 1.29 is 9.59 Å². The summed E-state index contributed by atoms with van der Waals surface area (Å²) in [5.74, 6) is -0.870. The van der Waals surface area contributed by atoms with E-state index in [0.717, 1.165) is 10.4 Å². The first-order valence-corrected chi connectivity index (χ1v) is 6.86. The fraction of sp³-hybridized carbons (Fsp3) is 0.182. The van der Waals surface area contributed by atoms with Gasteiger partial charge in [-0.05, 0) is 19.4 Å². The van der Waals surface area contributed by atoms with Crippen LogP contribution >= 0.6 is 22.7 Å². The molecule has 2 amide bonds. The second-order valence-corrected chi connectivity index (χ2v) is 5.62. The maximum atomic E-state index is 11.9. The van der Waals surface area contributed by atoms with Crippen LogP contribution in [0.3, 0.4) is 0 Å². The molecule has 0 aliphatic rings. The Hall–Kier alpha value is -1.73. The maximum Gasteiger partial charge on any atom is 0.275 e. The van der Waals surface area contributed by atoms with E-state index in [-0.39, 0.29) is 5.91 Å². The molecule has 3 N–H and O–H groups in total. The van der Waals surface area contributed by atoms with Crippen molar-refractivity contribution >= 4 is 39.5 Å². The molecule has 2 rings (SSSR count). The molecule has 7 heteroatoms. The van der Waals surface area contributed by atoms with Gasteiger partial charge in [-0.1, -0.05) is 0 Å².